The van der Waals surface area contributed by atoms with Gasteiger partial charge in [-0.25, -0.2) is 4.98 Å². The van der Waals surface area contributed by atoms with E-state index in [1.54, 1.807) is 6.20 Å². The molecule has 0 amide bonds. The van der Waals surface area contributed by atoms with E-state index in [0.717, 1.165) is 26.1 Å². The summed E-state index contributed by atoms with van der Waals surface area (Å²) >= 11 is 6.79. The molecule has 1 heterocycles. The molecule has 2 rings (SSSR count). The van der Waals surface area contributed by atoms with Crippen LogP contribution in [-0.2, 0) is 0 Å². The minimum Gasteiger partial charge on any atom is -0.399 e. The van der Waals surface area contributed by atoms with Crippen LogP contribution >= 0.6 is 31.9 Å². The Morgan fingerprint density at radius 1 is 1.19 bits per heavy atom. The molecule has 82 valence electrons. The Morgan fingerprint density at radius 3 is 2.69 bits per heavy atom. The van der Waals surface area contributed by atoms with Gasteiger partial charge in [0.2, 0.25) is 0 Å². The summed E-state index contributed by atoms with van der Waals surface area (Å²) in [6, 6.07) is 9.46. The lowest BCUT2D eigenvalue weighted by Gasteiger charge is -2.08. The van der Waals surface area contributed by atoms with Gasteiger partial charge in [-0.3, -0.25) is 0 Å². The monoisotopic (exact) mass is 341 g/mol. The minimum atomic E-state index is 0.721. The molecule has 0 saturated carbocycles. The summed E-state index contributed by atoms with van der Waals surface area (Å²) in [7, 11) is 0. The smallest absolute Gasteiger partial charge is 0.144 e. The molecule has 3 nitrogen and oxygen atoms in total. The summed E-state index contributed by atoms with van der Waals surface area (Å²) in [5, 5.41) is 3.18. The summed E-state index contributed by atoms with van der Waals surface area (Å²) in [5.74, 6) is 0.758. The lowest BCUT2D eigenvalue weighted by molar-refractivity contribution is 1.27. The number of hydrogen-bond donors (Lipinski definition) is 2. The first kappa shape index (κ1) is 11.4. The molecule has 0 fully saturated rings. The van der Waals surface area contributed by atoms with Crippen LogP contribution in [0.5, 0.6) is 0 Å². The second-order valence-electron chi connectivity index (χ2n) is 3.23. The minimum absolute atomic E-state index is 0.721. The van der Waals surface area contributed by atoms with E-state index < -0.39 is 0 Å². The van der Waals surface area contributed by atoms with Gasteiger partial charge in [0, 0.05) is 22.0 Å². The number of rotatable bonds is 2. The maximum absolute atomic E-state index is 5.69. The molecule has 0 saturated heterocycles. The number of anilines is 3. The van der Waals surface area contributed by atoms with Crippen molar-refractivity contribution in [2.24, 2.45) is 0 Å². The Kier molecular flexibility index (Phi) is 3.46. The molecule has 0 spiro atoms. The number of hydrogen-bond acceptors (Lipinski definition) is 3. The molecular weight excluding hydrogens is 334 g/mol. The first-order valence-electron chi connectivity index (χ1n) is 4.59. The van der Waals surface area contributed by atoms with Crippen molar-refractivity contribution >= 4 is 49.1 Å². The van der Waals surface area contributed by atoms with Crippen LogP contribution in [0.15, 0.2) is 45.5 Å². The topological polar surface area (TPSA) is 50.9 Å². The van der Waals surface area contributed by atoms with Crippen LogP contribution in [0.1, 0.15) is 0 Å². The highest BCUT2D eigenvalue weighted by Crippen LogP contribution is 2.26. The average molecular weight is 343 g/mol. The third-order valence-corrected chi connectivity index (χ3v) is 3.00. The van der Waals surface area contributed by atoms with Crippen molar-refractivity contribution in [1.82, 2.24) is 4.98 Å². The molecule has 0 radical (unpaired) electrons. The van der Waals surface area contributed by atoms with Crippen molar-refractivity contribution < 1.29 is 0 Å². The number of nitrogen functional groups attached to an aromatic ring is 1. The maximum atomic E-state index is 5.69. The molecule has 3 N–H and O–H groups in total. The van der Waals surface area contributed by atoms with Crippen molar-refractivity contribution in [2.45, 2.75) is 0 Å². The van der Waals surface area contributed by atoms with Crippen molar-refractivity contribution in [3.63, 3.8) is 0 Å². The zero-order valence-electron chi connectivity index (χ0n) is 8.24. The molecule has 0 aliphatic rings. The second-order valence-corrected chi connectivity index (χ2v) is 5.00. The van der Waals surface area contributed by atoms with Gasteiger partial charge in [0.25, 0.3) is 0 Å². The van der Waals surface area contributed by atoms with Gasteiger partial charge in [0.05, 0.1) is 4.47 Å². The number of nitrogens with zero attached hydrogens (tertiary/aromatic N) is 1. The van der Waals surface area contributed by atoms with E-state index in [0.29, 0.717) is 0 Å². The number of nitrogens with one attached hydrogen (secondary N) is 1. The zero-order valence-corrected chi connectivity index (χ0v) is 11.4. The summed E-state index contributed by atoms with van der Waals surface area (Å²) in [6.45, 7) is 0. The van der Waals surface area contributed by atoms with Gasteiger partial charge >= 0.3 is 0 Å². The zero-order chi connectivity index (χ0) is 11.5. The highest BCUT2D eigenvalue weighted by molar-refractivity contribution is 9.11. The van der Waals surface area contributed by atoms with E-state index in [1.165, 1.54) is 0 Å². The van der Waals surface area contributed by atoms with Crippen molar-refractivity contribution in [2.75, 3.05) is 11.1 Å². The highest BCUT2D eigenvalue weighted by atomic mass is 79.9. The Balaban J connectivity index is 2.27. The van der Waals surface area contributed by atoms with Gasteiger partial charge in [-0.1, -0.05) is 6.07 Å². The van der Waals surface area contributed by atoms with Crippen LogP contribution in [0.25, 0.3) is 0 Å². The molecule has 0 aliphatic carbocycles. The highest BCUT2D eigenvalue weighted by Gasteiger charge is 2.02. The van der Waals surface area contributed by atoms with Gasteiger partial charge in [-0.2, -0.15) is 0 Å². The van der Waals surface area contributed by atoms with Gasteiger partial charge in [-0.05, 0) is 56.1 Å². The van der Waals surface area contributed by atoms with Crippen LogP contribution in [0.3, 0.4) is 0 Å². The van der Waals surface area contributed by atoms with Crippen LogP contribution < -0.4 is 11.1 Å². The summed E-state index contributed by atoms with van der Waals surface area (Å²) < 4.78 is 1.82. The van der Waals surface area contributed by atoms with Gasteiger partial charge in [0.1, 0.15) is 5.82 Å². The maximum Gasteiger partial charge on any atom is 0.144 e. The van der Waals surface area contributed by atoms with E-state index in [-0.39, 0.29) is 0 Å². The normalized spacial score (nSPS) is 10.1. The Hall–Kier alpha value is -1.07. The molecule has 0 atom stereocenters. The summed E-state index contributed by atoms with van der Waals surface area (Å²) in [4.78, 5) is 4.26. The van der Waals surface area contributed by atoms with Crippen LogP contribution in [0.4, 0.5) is 17.2 Å². The number of benzene rings is 1. The number of aromatic nitrogens is 1. The predicted molar refractivity (Wildman–Crippen MR) is 73.8 cm³/mol. The second kappa shape index (κ2) is 4.84. The number of halogens is 2. The summed E-state index contributed by atoms with van der Waals surface area (Å²) in [5.41, 5.74) is 7.33. The Labute approximate surface area is 110 Å². The first-order chi connectivity index (χ1) is 7.65. The third-order valence-electron chi connectivity index (χ3n) is 1.96. The van der Waals surface area contributed by atoms with Crippen LogP contribution in [-0.4, -0.2) is 4.98 Å². The first-order valence-corrected chi connectivity index (χ1v) is 6.17. The number of pyridine rings is 1. The molecule has 0 bridgehead atoms. The van der Waals surface area contributed by atoms with Gasteiger partial charge in [-0.15, -0.1) is 0 Å². The van der Waals surface area contributed by atoms with E-state index in [9.17, 15) is 0 Å². The van der Waals surface area contributed by atoms with E-state index in [4.69, 9.17) is 5.73 Å². The Morgan fingerprint density at radius 2 is 2.00 bits per heavy atom. The molecule has 2 aromatic rings. The van der Waals surface area contributed by atoms with Crippen LogP contribution in [0.2, 0.25) is 0 Å². The Bertz CT molecular complexity index is 514. The van der Waals surface area contributed by atoms with E-state index >= 15 is 0 Å². The molecule has 1 aromatic heterocycles. The molecular formula is C11H9Br2N3. The van der Waals surface area contributed by atoms with Gasteiger partial charge < -0.3 is 11.1 Å². The standard InChI is InChI=1S/C11H9Br2N3/c12-7-4-10(13)11(15-6-7)16-9-3-1-2-8(14)5-9/h1-6H,14H2,(H,15,16). The predicted octanol–water partition coefficient (Wildman–Crippen LogP) is 3.93. The largest absolute Gasteiger partial charge is 0.399 e. The van der Waals surface area contributed by atoms with Crippen molar-refractivity contribution in [3.8, 4) is 0 Å². The fourth-order valence-electron chi connectivity index (χ4n) is 1.26. The van der Waals surface area contributed by atoms with E-state index in [2.05, 4.69) is 42.2 Å². The molecule has 1 aromatic carbocycles. The third kappa shape index (κ3) is 2.74. The fraction of sp³-hybridized carbons (Fsp3) is 0. The van der Waals surface area contributed by atoms with Crippen molar-refractivity contribution in [3.05, 3.63) is 45.5 Å². The lowest BCUT2D eigenvalue weighted by Crippen LogP contribution is -1.95. The quantitative estimate of drug-likeness (QED) is 0.813. The molecule has 16 heavy (non-hydrogen) atoms. The fourth-order valence-corrected chi connectivity index (χ4v) is 2.35. The van der Waals surface area contributed by atoms with Crippen LogP contribution in [0, 0.1) is 0 Å². The number of nitrogens with two attached hydrogens (primary N) is 1. The van der Waals surface area contributed by atoms with Gasteiger partial charge in [0.15, 0.2) is 0 Å². The SMILES string of the molecule is Nc1cccc(Nc2ncc(Br)cc2Br)c1. The molecule has 0 aliphatic heterocycles. The van der Waals surface area contributed by atoms with Crippen molar-refractivity contribution in [1.29, 1.82) is 0 Å². The lowest BCUT2D eigenvalue weighted by atomic mass is 10.3. The average Bonchev–Trinajstić information content (AvgIpc) is 2.22. The molecule has 5 heteroatoms. The van der Waals surface area contributed by atoms with E-state index in [1.807, 2.05) is 30.3 Å². The summed E-state index contributed by atoms with van der Waals surface area (Å²) in [6.07, 6.45) is 1.74. The molecule has 0 unspecified atom stereocenters.